The van der Waals surface area contributed by atoms with Crippen LogP contribution in [0.4, 0.5) is 0 Å². The molecule has 0 aliphatic heterocycles. The van der Waals surface area contributed by atoms with Gasteiger partial charge in [-0.1, -0.05) is 6.07 Å². The third kappa shape index (κ3) is 5.43. The van der Waals surface area contributed by atoms with Crippen LogP contribution in [-0.4, -0.2) is 28.0 Å². The van der Waals surface area contributed by atoms with Crippen molar-refractivity contribution >= 4 is 11.9 Å². The van der Waals surface area contributed by atoms with E-state index >= 15 is 0 Å². The summed E-state index contributed by atoms with van der Waals surface area (Å²) in [6, 6.07) is 5.70. The lowest BCUT2D eigenvalue weighted by Crippen LogP contribution is -2.34. The molecule has 0 radical (unpaired) electrons. The van der Waals surface area contributed by atoms with Crippen molar-refractivity contribution in [1.29, 1.82) is 0 Å². The standard InChI is InChI=1S/C13H18N2O3/c1-9-4-3-5-11(14-9)8-10(2)15-12(16)6-7-13(17)18/h3-5,10H,6-8H2,1-2H3,(H,15,16)(H,17,18). The summed E-state index contributed by atoms with van der Waals surface area (Å²) in [6.07, 6.45) is 0.517. The van der Waals surface area contributed by atoms with E-state index in [0.717, 1.165) is 11.4 Å². The Labute approximate surface area is 106 Å². The first-order valence-electron chi connectivity index (χ1n) is 5.91. The molecule has 5 nitrogen and oxygen atoms in total. The largest absolute Gasteiger partial charge is 0.481 e. The van der Waals surface area contributed by atoms with Crippen LogP contribution in [-0.2, 0) is 16.0 Å². The maximum absolute atomic E-state index is 11.4. The highest BCUT2D eigenvalue weighted by Crippen LogP contribution is 2.02. The summed E-state index contributed by atoms with van der Waals surface area (Å²) in [7, 11) is 0. The van der Waals surface area contributed by atoms with Crippen molar-refractivity contribution in [2.75, 3.05) is 0 Å². The van der Waals surface area contributed by atoms with E-state index in [4.69, 9.17) is 5.11 Å². The molecule has 1 unspecified atom stereocenters. The van der Waals surface area contributed by atoms with Crippen LogP contribution in [0.25, 0.3) is 0 Å². The monoisotopic (exact) mass is 250 g/mol. The quantitative estimate of drug-likeness (QED) is 0.797. The number of carbonyl (C=O) groups excluding carboxylic acids is 1. The summed E-state index contributed by atoms with van der Waals surface area (Å²) in [5.41, 5.74) is 1.86. The van der Waals surface area contributed by atoms with Gasteiger partial charge in [-0.3, -0.25) is 14.6 Å². The van der Waals surface area contributed by atoms with Crippen LogP contribution in [0.1, 0.15) is 31.2 Å². The number of pyridine rings is 1. The Balaban J connectivity index is 2.39. The van der Waals surface area contributed by atoms with E-state index in [1.807, 2.05) is 32.0 Å². The van der Waals surface area contributed by atoms with Crippen molar-refractivity contribution in [3.05, 3.63) is 29.6 Å². The smallest absolute Gasteiger partial charge is 0.303 e. The van der Waals surface area contributed by atoms with Crippen LogP contribution >= 0.6 is 0 Å². The van der Waals surface area contributed by atoms with E-state index in [1.54, 1.807) is 0 Å². The van der Waals surface area contributed by atoms with Gasteiger partial charge in [0.1, 0.15) is 0 Å². The molecule has 1 amide bonds. The first-order valence-corrected chi connectivity index (χ1v) is 5.91. The molecule has 1 aromatic rings. The van der Waals surface area contributed by atoms with Gasteiger partial charge >= 0.3 is 5.97 Å². The summed E-state index contributed by atoms with van der Waals surface area (Å²) >= 11 is 0. The van der Waals surface area contributed by atoms with Gasteiger partial charge in [0.25, 0.3) is 0 Å². The predicted molar refractivity (Wildman–Crippen MR) is 67.2 cm³/mol. The molecule has 0 saturated carbocycles. The molecule has 1 aromatic heterocycles. The molecule has 0 fully saturated rings. The van der Waals surface area contributed by atoms with Crippen LogP contribution in [0.15, 0.2) is 18.2 Å². The molecule has 0 saturated heterocycles. The molecule has 18 heavy (non-hydrogen) atoms. The summed E-state index contributed by atoms with van der Waals surface area (Å²) in [5, 5.41) is 11.2. The Hall–Kier alpha value is -1.91. The topological polar surface area (TPSA) is 79.3 Å². The molecule has 0 aromatic carbocycles. The number of aryl methyl sites for hydroxylation is 1. The number of amides is 1. The van der Waals surface area contributed by atoms with Crippen molar-refractivity contribution in [3.8, 4) is 0 Å². The number of rotatable bonds is 6. The SMILES string of the molecule is Cc1cccc(CC(C)NC(=O)CCC(=O)O)n1. The Morgan fingerprint density at radius 1 is 1.39 bits per heavy atom. The van der Waals surface area contributed by atoms with E-state index in [1.165, 1.54) is 0 Å². The summed E-state index contributed by atoms with van der Waals surface area (Å²) < 4.78 is 0. The van der Waals surface area contributed by atoms with Crippen LogP contribution in [0.3, 0.4) is 0 Å². The van der Waals surface area contributed by atoms with Gasteiger partial charge in [0.05, 0.1) is 6.42 Å². The van der Waals surface area contributed by atoms with E-state index in [-0.39, 0.29) is 24.8 Å². The zero-order valence-corrected chi connectivity index (χ0v) is 10.6. The molecule has 1 atom stereocenters. The second kappa shape index (κ2) is 6.74. The van der Waals surface area contributed by atoms with Gasteiger partial charge in [0.2, 0.25) is 5.91 Å². The lowest BCUT2D eigenvalue weighted by atomic mass is 10.1. The summed E-state index contributed by atoms with van der Waals surface area (Å²) in [4.78, 5) is 26.1. The predicted octanol–water partition coefficient (Wildman–Crippen LogP) is 1.30. The molecule has 1 rings (SSSR count). The minimum Gasteiger partial charge on any atom is -0.481 e. The number of aromatic nitrogens is 1. The number of hydrogen-bond acceptors (Lipinski definition) is 3. The highest BCUT2D eigenvalue weighted by Gasteiger charge is 2.10. The van der Waals surface area contributed by atoms with Crippen molar-refractivity contribution < 1.29 is 14.7 Å². The average Bonchev–Trinajstić information content (AvgIpc) is 2.26. The number of aliphatic carboxylic acids is 1. The van der Waals surface area contributed by atoms with Crippen molar-refractivity contribution in [1.82, 2.24) is 10.3 Å². The van der Waals surface area contributed by atoms with Crippen molar-refractivity contribution in [3.63, 3.8) is 0 Å². The molecule has 5 heteroatoms. The van der Waals surface area contributed by atoms with Gasteiger partial charge in [0.15, 0.2) is 0 Å². The maximum Gasteiger partial charge on any atom is 0.303 e. The minimum absolute atomic E-state index is 0.0148. The van der Waals surface area contributed by atoms with Gasteiger partial charge in [-0.2, -0.15) is 0 Å². The number of carboxylic acid groups (broad SMARTS) is 1. The molecule has 1 heterocycles. The van der Waals surface area contributed by atoms with Crippen LogP contribution < -0.4 is 5.32 Å². The van der Waals surface area contributed by atoms with E-state index < -0.39 is 5.97 Å². The van der Waals surface area contributed by atoms with Gasteiger partial charge in [-0.05, 0) is 26.0 Å². The highest BCUT2D eigenvalue weighted by atomic mass is 16.4. The maximum atomic E-state index is 11.4. The highest BCUT2D eigenvalue weighted by molar-refractivity contribution is 5.80. The van der Waals surface area contributed by atoms with Gasteiger partial charge < -0.3 is 10.4 Å². The third-order valence-electron chi connectivity index (χ3n) is 2.43. The molecule has 0 aliphatic rings. The van der Waals surface area contributed by atoms with Gasteiger partial charge in [-0.15, -0.1) is 0 Å². The molecule has 2 N–H and O–H groups in total. The van der Waals surface area contributed by atoms with Gasteiger partial charge in [-0.25, -0.2) is 0 Å². The first kappa shape index (κ1) is 14.2. The molecule has 98 valence electrons. The number of carboxylic acids is 1. The minimum atomic E-state index is -0.960. The van der Waals surface area contributed by atoms with Crippen molar-refractivity contribution in [2.24, 2.45) is 0 Å². The molecular weight excluding hydrogens is 232 g/mol. The van der Waals surface area contributed by atoms with Crippen LogP contribution in [0.5, 0.6) is 0 Å². The van der Waals surface area contributed by atoms with E-state index in [2.05, 4.69) is 10.3 Å². The second-order valence-electron chi connectivity index (χ2n) is 4.34. The first-order chi connectivity index (χ1) is 8.47. The third-order valence-corrected chi connectivity index (χ3v) is 2.43. The normalized spacial score (nSPS) is 11.9. The Bertz CT molecular complexity index is 432. The van der Waals surface area contributed by atoms with Crippen LogP contribution in [0.2, 0.25) is 0 Å². The fourth-order valence-corrected chi connectivity index (χ4v) is 1.65. The fourth-order valence-electron chi connectivity index (χ4n) is 1.65. The number of hydrogen-bond donors (Lipinski definition) is 2. The lowest BCUT2D eigenvalue weighted by molar-refractivity contribution is -0.138. The van der Waals surface area contributed by atoms with E-state index in [9.17, 15) is 9.59 Å². The zero-order valence-electron chi connectivity index (χ0n) is 10.6. The number of nitrogens with zero attached hydrogens (tertiary/aromatic N) is 1. The van der Waals surface area contributed by atoms with Crippen LogP contribution in [0, 0.1) is 6.92 Å². The zero-order chi connectivity index (χ0) is 13.5. The molecule has 0 aliphatic carbocycles. The average molecular weight is 250 g/mol. The van der Waals surface area contributed by atoms with E-state index in [0.29, 0.717) is 6.42 Å². The number of nitrogens with one attached hydrogen (secondary N) is 1. The fraction of sp³-hybridized carbons (Fsp3) is 0.462. The summed E-state index contributed by atoms with van der Waals surface area (Å²) in [5.74, 6) is -1.20. The second-order valence-corrected chi connectivity index (χ2v) is 4.34. The molecular formula is C13H18N2O3. The number of carbonyl (C=O) groups is 2. The molecule has 0 bridgehead atoms. The molecule has 0 spiro atoms. The Morgan fingerprint density at radius 2 is 2.11 bits per heavy atom. The summed E-state index contributed by atoms with van der Waals surface area (Å²) in [6.45, 7) is 3.79. The lowest BCUT2D eigenvalue weighted by Gasteiger charge is -2.13. The van der Waals surface area contributed by atoms with Crippen molar-refractivity contribution in [2.45, 2.75) is 39.2 Å². The van der Waals surface area contributed by atoms with Gasteiger partial charge in [0, 0.05) is 30.3 Å². The Kier molecular flexibility index (Phi) is 5.30. The Morgan fingerprint density at radius 3 is 2.72 bits per heavy atom.